The fraction of sp³-hybridized carbons (Fsp3) is 0.227. The molecule has 0 aliphatic rings. The van der Waals surface area contributed by atoms with Crippen LogP contribution in [0.25, 0.3) is 10.9 Å². The Hall–Kier alpha value is -3.13. The van der Waals surface area contributed by atoms with Crippen LogP contribution in [0.5, 0.6) is 0 Å². The van der Waals surface area contributed by atoms with Crippen molar-refractivity contribution < 1.29 is 19.1 Å². The van der Waals surface area contributed by atoms with E-state index in [-0.39, 0.29) is 12.3 Å². The summed E-state index contributed by atoms with van der Waals surface area (Å²) in [4.78, 5) is 39.4. The van der Waals surface area contributed by atoms with E-state index in [1.807, 2.05) is 37.3 Å². The molecule has 3 N–H and O–H groups in total. The average molecular weight is 472 g/mol. The molecule has 1 aromatic heterocycles. The number of para-hydroxylation sites is 1. The lowest BCUT2D eigenvalue weighted by molar-refractivity contribution is -0.150. The fourth-order valence-corrected chi connectivity index (χ4v) is 3.36. The number of nitrogens with one attached hydrogen (secondary N) is 3. The molecule has 0 aliphatic carbocycles. The predicted molar refractivity (Wildman–Crippen MR) is 118 cm³/mol. The summed E-state index contributed by atoms with van der Waals surface area (Å²) in [5, 5.41) is 6.25. The number of rotatable bonds is 7. The van der Waals surface area contributed by atoms with E-state index in [1.165, 1.54) is 6.92 Å². The Kier molecular flexibility index (Phi) is 6.89. The zero-order valence-corrected chi connectivity index (χ0v) is 18.2. The van der Waals surface area contributed by atoms with Gasteiger partial charge in [-0.2, -0.15) is 0 Å². The van der Waals surface area contributed by atoms with Crippen LogP contribution in [-0.4, -0.2) is 35.4 Å². The summed E-state index contributed by atoms with van der Waals surface area (Å²) in [7, 11) is 0. The third-order valence-electron chi connectivity index (χ3n) is 4.55. The van der Waals surface area contributed by atoms with Crippen molar-refractivity contribution in [2.45, 2.75) is 26.3 Å². The van der Waals surface area contributed by atoms with Crippen LogP contribution in [0.2, 0.25) is 0 Å². The fourth-order valence-electron chi connectivity index (χ4n) is 3.12. The molecule has 7 nitrogen and oxygen atoms in total. The number of hydrogen-bond acceptors (Lipinski definition) is 4. The molecule has 0 saturated carbocycles. The minimum absolute atomic E-state index is 0.246. The number of aryl methyl sites for hydroxylation is 1. The molecule has 30 heavy (non-hydrogen) atoms. The summed E-state index contributed by atoms with van der Waals surface area (Å²) in [5.41, 5.74) is 3.38. The Balaban J connectivity index is 1.62. The highest BCUT2D eigenvalue weighted by molar-refractivity contribution is 9.10. The van der Waals surface area contributed by atoms with Crippen molar-refractivity contribution in [3.8, 4) is 0 Å². The second kappa shape index (κ2) is 9.58. The van der Waals surface area contributed by atoms with Gasteiger partial charge in [-0.05, 0) is 42.3 Å². The third-order valence-corrected chi connectivity index (χ3v) is 5.44. The predicted octanol–water partition coefficient (Wildman–Crippen LogP) is 3.47. The summed E-state index contributed by atoms with van der Waals surface area (Å²) in [6, 6.07) is 12.2. The Labute approximate surface area is 182 Å². The van der Waals surface area contributed by atoms with Gasteiger partial charge in [-0.25, -0.2) is 4.79 Å². The van der Waals surface area contributed by atoms with Gasteiger partial charge in [-0.3, -0.25) is 9.59 Å². The summed E-state index contributed by atoms with van der Waals surface area (Å²) >= 11 is 3.40. The van der Waals surface area contributed by atoms with Crippen LogP contribution in [-0.2, 0) is 25.5 Å². The van der Waals surface area contributed by atoms with Crippen molar-refractivity contribution >= 4 is 50.3 Å². The van der Waals surface area contributed by atoms with Gasteiger partial charge in [0.1, 0.15) is 6.04 Å². The highest BCUT2D eigenvalue weighted by Gasteiger charge is 2.23. The van der Waals surface area contributed by atoms with Gasteiger partial charge in [0.25, 0.3) is 5.91 Å². The first-order valence-corrected chi connectivity index (χ1v) is 10.2. The van der Waals surface area contributed by atoms with Crippen LogP contribution in [0, 0.1) is 6.92 Å². The number of aromatic amines is 1. The van der Waals surface area contributed by atoms with Crippen LogP contribution >= 0.6 is 15.9 Å². The second-order valence-corrected chi connectivity index (χ2v) is 7.79. The zero-order valence-electron chi connectivity index (χ0n) is 16.6. The average Bonchev–Trinajstić information content (AvgIpc) is 3.11. The molecule has 0 spiro atoms. The highest BCUT2D eigenvalue weighted by atomic mass is 79.9. The van der Waals surface area contributed by atoms with Gasteiger partial charge in [0.05, 0.1) is 0 Å². The molecule has 3 rings (SSSR count). The molecule has 3 aromatic rings. The first-order valence-electron chi connectivity index (χ1n) is 9.38. The van der Waals surface area contributed by atoms with E-state index < -0.39 is 24.5 Å². The van der Waals surface area contributed by atoms with Crippen molar-refractivity contribution in [3.05, 3.63) is 64.3 Å². The van der Waals surface area contributed by atoms with Crippen LogP contribution in [0.3, 0.4) is 0 Å². The lowest BCUT2D eigenvalue weighted by Crippen LogP contribution is -2.43. The van der Waals surface area contributed by atoms with E-state index in [0.717, 1.165) is 26.5 Å². The number of fused-ring (bicyclic) bond motifs is 1. The monoisotopic (exact) mass is 471 g/mol. The Morgan fingerprint density at radius 1 is 1.17 bits per heavy atom. The van der Waals surface area contributed by atoms with Gasteiger partial charge in [0, 0.05) is 40.6 Å². The quantitative estimate of drug-likeness (QED) is 0.459. The molecule has 2 amide bonds. The molecule has 0 bridgehead atoms. The number of anilines is 1. The summed E-state index contributed by atoms with van der Waals surface area (Å²) < 4.78 is 6.10. The summed E-state index contributed by atoms with van der Waals surface area (Å²) in [5.74, 6) is -1.48. The number of carbonyl (C=O) groups excluding carboxylic acids is 3. The topological polar surface area (TPSA) is 100 Å². The molecule has 0 fully saturated rings. The van der Waals surface area contributed by atoms with E-state index in [2.05, 4.69) is 31.5 Å². The normalized spacial score (nSPS) is 11.7. The van der Waals surface area contributed by atoms with Crippen LogP contribution in [0.15, 0.2) is 53.1 Å². The van der Waals surface area contributed by atoms with E-state index in [4.69, 9.17) is 4.74 Å². The molecular formula is C22H22BrN3O4. The number of H-pyrrole nitrogens is 1. The summed E-state index contributed by atoms with van der Waals surface area (Å²) in [6.07, 6.45) is 2.05. The van der Waals surface area contributed by atoms with Crippen LogP contribution in [0.1, 0.15) is 18.1 Å². The molecule has 8 heteroatoms. The molecule has 1 atom stereocenters. The maximum atomic E-state index is 12.6. The minimum Gasteiger partial charge on any atom is -0.454 e. The van der Waals surface area contributed by atoms with Crippen molar-refractivity contribution in [2.24, 2.45) is 0 Å². The molecule has 2 aromatic carbocycles. The first kappa shape index (κ1) is 21.6. The molecular weight excluding hydrogens is 450 g/mol. The number of benzene rings is 2. The maximum absolute atomic E-state index is 12.6. The Bertz CT molecular complexity index is 1090. The largest absolute Gasteiger partial charge is 0.454 e. The van der Waals surface area contributed by atoms with Crippen molar-refractivity contribution in [2.75, 3.05) is 11.9 Å². The van der Waals surface area contributed by atoms with Crippen molar-refractivity contribution in [3.63, 3.8) is 0 Å². The van der Waals surface area contributed by atoms with E-state index >= 15 is 0 Å². The van der Waals surface area contributed by atoms with E-state index in [1.54, 1.807) is 18.3 Å². The lowest BCUT2D eigenvalue weighted by Gasteiger charge is -2.16. The Morgan fingerprint density at radius 3 is 2.67 bits per heavy atom. The maximum Gasteiger partial charge on any atom is 0.329 e. The van der Waals surface area contributed by atoms with Crippen molar-refractivity contribution in [1.29, 1.82) is 0 Å². The number of hydrogen-bond donors (Lipinski definition) is 3. The smallest absolute Gasteiger partial charge is 0.329 e. The number of ether oxygens (including phenoxy) is 1. The lowest BCUT2D eigenvalue weighted by atomic mass is 10.0. The molecule has 0 saturated heterocycles. The van der Waals surface area contributed by atoms with Gasteiger partial charge in [0.15, 0.2) is 6.61 Å². The van der Waals surface area contributed by atoms with Gasteiger partial charge in [-0.15, -0.1) is 0 Å². The third kappa shape index (κ3) is 5.48. The van der Waals surface area contributed by atoms with Gasteiger partial charge >= 0.3 is 5.97 Å². The van der Waals surface area contributed by atoms with E-state index in [0.29, 0.717) is 5.69 Å². The number of esters is 1. The van der Waals surface area contributed by atoms with Crippen molar-refractivity contribution in [1.82, 2.24) is 10.3 Å². The SMILES string of the molecule is CC(=O)NC(Cc1c[nH]c2ccccc12)C(=O)OCC(=O)Nc1ccc(Br)c(C)c1. The standard InChI is InChI=1S/C22H22BrN3O4/c1-13-9-16(7-8-18(13)23)26-21(28)12-30-22(29)20(25-14(2)27)10-15-11-24-19-6-4-3-5-17(15)19/h3-9,11,20,24H,10,12H2,1-2H3,(H,25,27)(H,26,28). The van der Waals surface area contributed by atoms with Crippen LogP contribution in [0.4, 0.5) is 5.69 Å². The number of amides is 2. The molecule has 1 unspecified atom stereocenters. The minimum atomic E-state index is -0.899. The van der Waals surface area contributed by atoms with E-state index in [9.17, 15) is 14.4 Å². The first-order chi connectivity index (χ1) is 14.3. The second-order valence-electron chi connectivity index (χ2n) is 6.94. The summed E-state index contributed by atoms with van der Waals surface area (Å²) in [6.45, 7) is 2.79. The molecule has 1 heterocycles. The van der Waals surface area contributed by atoms with Gasteiger partial charge < -0.3 is 20.4 Å². The van der Waals surface area contributed by atoms with Gasteiger partial charge in [0.2, 0.25) is 5.91 Å². The zero-order chi connectivity index (χ0) is 21.7. The highest BCUT2D eigenvalue weighted by Crippen LogP contribution is 2.21. The number of halogens is 1. The van der Waals surface area contributed by atoms with Gasteiger partial charge in [-0.1, -0.05) is 34.1 Å². The number of aromatic nitrogens is 1. The molecule has 156 valence electrons. The molecule has 0 radical (unpaired) electrons. The van der Waals surface area contributed by atoms with Crippen LogP contribution < -0.4 is 10.6 Å². The molecule has 0 aliphatic heterocycles. The number of carbonyl (C=O) groups is 3. The Morgan fingerprint density at radius 2 is 1.93 bits per heavy atom.